The van der Waals surface area contributed by atoms with Gasteiger partial charge in [-0.3, -0.25) is 9.59 Å². The summed E-state index contributed by atoms with van der Waals surface area (Å²) in [6, 6.07) is 4.66. The number of nitrogens with zero attached hydrogens (tertiary/aromatic N) is 1. The molecule has 0 aliphatic rings. The summed E-state index contributed by atoms with van der Waals surface area (Å²) in [5.74, 6) is -0.407. The number of hydrogen-bond donors (Lipinski definition) is 2. The van der Waals surface area contributed by atoms with Gasteiger partial charge in [0.05, 0.1) is 0 Å². The maximum atomic E-state index is 11.8. The van der Waals surface area contributed by atoms with Crippen molar-refractivity contribution in [1.29, 1.82) is 0 Å². The number of benzene rings is 1. The Bertz CT molecular complexity index is 441. The van der Waals surface area contributed by atoms with Crippen LogP contribution in [0.1, 0.15) is 27.6 Å². The second-order valence-electron chi connectivity index (χ2n) is 3.90. The van der Waals surface area contributed by atoms with Gasteiger partial charge in [0.15, 0.2) is 0 Å². The number of hydrogen-bond acceptors (Lipinski definition) is 3. The summed E-state index contributed by atoms with van der Waals surface area (Å²) in [5, 5.41) is 2.67. The van der Waals surface area contributed by atoms with Crippen LogP contribution in [0.4, 0.5) is 5.69 Å². The molecule has 5 nitrogen and oxygen atoms in total. The zero-order chi connectivity index (χ0) is 13.0. The van der Waals surface area contributed by atoms with Crippen LogP contribution in [0.25, 0.3) is 0 Å². The first-order valence-electron chi connectivity index (χ1n) is 5.36. The Labute approximate surface area is 101 Å². The molecule has 0 aromatic heterocycles. The van der Waals surface area contributed by atoms with E-state index < -0.39 is 0 Å². The first-order valence-corrected chi connectivity index (χ1v) is 5.36. The van der Waals surface area contributed by atoms with Gasteiger partial charge in [0.2, 0.25) is 0 Å². The summed E-state index contributed by atoms with van der Waals surface area (Å²) in [6.45, 7) is 2.36. The van der Waals surface area contributed by atoms with Gasteiger partial charge in [-0.25, -0.2) is 0 Å². The van der Waals surface area contributed by atoms with Gasteiger partial charge < -0.3 is 16.0 Å². The SMILES string of the molecule is CCNC(=O)c1cc(N)cc(C(=O)N(C)C)c1. The van der Waals surface area contributed by atoms with Crippen LogP contribution in [0.15, 0.2) is 18.2 Å². The lowest BCUT2D eigenvalue weighted by atomic mass is 10.1. The molecule has 2 amide bonds. The number of nitrogens with one attached hydrogen (secondary N) is 1. The van der Waals surface area contributed by atoms with E-state index in [9.17, 15) is 9.59 Å². The smallest absolute Gasteiger partial charge is 0.253 e. The number of carbonyl (C=O) groups is 2. The Hall–Kier alpha value is -2.04. The molecule has 1 rings (SSSR count). The lowest BCUT2D eigenvalue weighted by Gasteiger charge is -2.12. The van der Waals surface area contributed by atoms with Gasteiger partial charge in [0.1, 0.15) is 0 Å². The van der Waals surface area contributed by atoms with Gasteiger partial charge in [-0.1, -0.05) is 0 Å². The summed E-state index contributed by atoms with van der Waals surface area (Å²) in [4.78, 5) is 24.9. The van der Waals surface area contributed by atoms with E-state index in [1.54, 1.807) is 32.3 Å². The van der Waals surface area contributed by atoms with Crippen molar-refractivity contribution in [1.82, 2.24) is 10.2 Å². The minimum Gasteiger partial charge on any atom is -0.399 e. The van der Waals surface area contributed by atoms with Crippen LogP contribution >= 0.6 is 0 Å². The fourth-order valence-electron chi connectivity index (χ4n) is 1.43. The van der Waals surface area contributed by atoms with Gasteiger partial charge in [-0.05, 0) is 25.1 Å². The maximum absolute atomic E-state index is 11.8. The molecule has 1 aromatic carbocycles. The lowest BCUT2D eigenvalue weighted by molar-refractivity contribution is 0.0827. The Morgan fingerprint density at radius 3 is 2.35 bits per heavy atom. The molecule has 1 aromatic rings. The van der Waals surface area contributed by atoms with E-state index in [-0.39, 0.29) is 11.8 Å². The van der Waals surface area contributed by atoms with Gasteiger partial charge in [-0.15, -0.1) is 0 Å². The van der Waals surface area contributed by atoms with Gasteiger partial charge in [0.25, 0.3) is 11.8 Å². The normalized spacial score (nSPS) is 9.82. The number of nitrogen functional groups attached to an aromatic ring is 1. The second kappa shape index (κ2) is 5.34. The zero-order valence-electron chi connectivity index (χ0n) is 10.3. The predicted octanol–water partition coefficient (Wildman–Crippen LogP) is 0.720. The molecule has 0 atom stereocenters. The fraction of sp³-hybridized carbons (Fsp3) is 0.333. The topological polar surface area (TPSA) is 75.4 Å². The van der Waals surface area contributed by atoms with Crippen LogP contribution in [0.2, 0.25) is 0 Å². The first kappa shape index (κ1) is 13.0. The lowest BCUT2D eigenvalue weighted by Crippen LogP contribution is -2.25. The molecule has 0 radical (unpaired) electrons. The molecule has 0 aliphatic heterocycles. The Balaban J connectivity index is 3.10. The maximum Gasteiger partial charge on any atom is 0.253 e. The molecule has 3 N–H and O–H groups in total. The third-order valence-corrected chi connectivity index (χ3v) is 2.21. The van der Waals surface area contributed by atoms with Crippen LogP contribution in [0, 0.1) is 0 Å². The quantitative estimate of drug-likeness (QED) is 0.758. The fourth-order valence-corrected chi connectivity index (χ4v) is 1.43. The molecule has 0 fully saturated rings. The molecular formula is C12H17N3O2. The third-order valence-electron chi connectivity index (χ3n) is 2.21. The van der Waals surface area contributed by atoms with Crippen molar-refractivity contribution in [2.45, 2.75) is 6.92 Å². The molecule has 0 saturated heterocycles. The van der Waals surface area contributed by atoms with Gasteiger partial charge >= 0.3 is 0 Å². The van der Waals surface area contributed by atoms with Crippen molar-refractivity contribution < 1.29 is 9.59 Å². The van der Waals surface area contributed by atoms with Crippen LogP contribution < -0.4 is 11.1 Å². The van der Waals surface area contributed by atoms with Crippen molar-refractivity contribution in [3.8, 4) is 0 Å². The van der Waals surface area contributed by atoms with Crippen molar-refractivity contribution in [3.05, 3.63) is 29.3 Å². The molecule has 0 spiro atoms. The molecule has 92 valence electrons. The monoisotopic (exact) mass is 235 g/mol. The third kappa shape index (κ3) is 3.21. The average molecular weight is 235 g/mol. The van der Waals surface area contributed by atoms with Crippen LogP contribution in [0.3, 0.4) is 0 Å². The van der Waals surface area contributed by atoms with E-state index in [1.165, 1.54) is 4.90 Å². The Morgan fingerprint density at radius 2 is 1.82 bits per heavy atom. The van der Waals surface area contributed by atoms with Crippen LogP contribution in [-0.2, 0) is 0 Å². The Kier molecular flexibility index (Phi) is 4.09. The zero-order valence-corrected chi connectivity index (χ0v) is 10.3. The minimum atomic E-state index is -0.229. The van der Waals surface area contributed by atoms with E-state index in [2.05, 4.69) is 5.32 Å². The summed E-state index contributed by atoms with van der Waals surface area (Å²) in [6.07, 6.45) is 0. The number of amides is 2. The van der Waals surface area contributed by atoms with Crippen LogP contribution in [0.5, 0.6) is 0 Å². The highest BCUT2D eigenvalue weighted by atomic mass is 16.2. The average Bonchev–Trinajstić information content (AvgIpc) is 2.27. The first-order chi connectivity index (χ1) is 7.95. The van der Waals surface area contributed by atoms with E-state index in [1.807, 2.05) is 6.92 Å². The molecule has 17 heavy (non-hydrogen) atoms. The van der Waals surface area contributed by atoms with Gasteiger partial charge in [-0.2, -0.15) is 0 Å². The summed E-state index contributed by atoms with van der Waals surface area (Å²) >= 11 is 0. The number of rotatable bonds is 3. The summed E-state index contributed by atoms with van der Waals surface area (Å²) in [7, 11) is 3.30. The van der Waals surface area contributed by atoms with Crippen molar-refractivity contribution in [2.24, 2.45) is 0 Å². The Morgan fingerprint density at radius 1 is 1.24 bits per heavy atom. The highest BCUT2D eigenvalue weighted by Gasteiger charge is 2.12. The molecule has 0 aliphatic carbocycles. The van der Waals surface area contributed by atoms with Crippen molar-refractivity contribution in [2.75, 3.05) is 26.4 Å². The predicted molar refractivity (Wildman–Crippen MR) is 66.9 cm³/mol. The van der Waals surface area contributed by atoms with Crippen LogP contribution in [-0.4, -0.2) is 37.4 Å². The van der Waals surface area contributed by atoms with Gasteiger partial charge in [0, 0.05) is 37.5 Å². The highest BCUT2D eigenvalue weighted by molar-refractivity contribution is 6.00. The minimum absolute atomic E-state index is 0.178. The summed E-state index contributed by atoms with van der Waals surface area (Å²) < 4.78 is 0. The number of carbonyl (C=O) groups excluding carboxylic acids is 2. The molecule has 0 heterocycles. The largest absolute Gasteiger partial charge is 0.399 e. The van der Waals surface area contributed by atoms with Crippen molar-refractivity contribution >= 4 is 17.5 Å². The highest BCUT2D eigenvalue weighted by Crippen LogP contribution is 2.13. The molecule has 0 unspecified atom stereocenters. The van der Waals surface area contributed by atoms with E-state index in [4.69, 9.17) is 5.73 Å². The van der Waals surface area contributed by atoms with E-state index in [0.29, 0.717) is 23.4 Å². The molecule has 5 heteroatoms. The molecule has 0 saturated carbocycles. The second-order valence-corrected chi connectivity index (χ2v) is 3.90. The van der Waals surface area contributed by atoms with E-state index in [0.717, 1.165) is 0 Å². The number of anilines is 1. The van der Waals surface area contributed by atoms with E-state index >= 15 is 0 Å². The number of nitrogens with two attached hydrogens (primary N) is 1. The molecular weight excluding hydrogens is 218 g/mol. The summed E-state index contributed by atoms with van der Waals surface area (Å²) in [5.41, 5.74) is 6.90. The standard InChI is InChI=1S/C12H17N3O2/c1-4-14-11(16)8-5-9(7-10(13)6-8)12(17)15(2)3/h5-7H,4,13H2,1-3H3,(H,14,16). The molecule has 0 bridgehead atoms. The van der Waals surface area contributed by atoms with Crippen molar-refractivity contribution in [3.63, 3.8) is 0 Å².